The average Bonchev–Trinajstić information content (AvgIpc) is 2.46. The van der Waals surface area contributed by atoms with Crippen LogP contribution in [0.1, 0.15) is 30.5 Å². The third-order valence-corrected chi connectivity index (χ3v) is 3.06. The van der Waals surface area contributed by atoms with Crippen molar-refractivity contribution < 1.29 is 14.3 Å². The molecular formula is C15H22N2O3. The number of nitrogens with two attached hydrogens (primary N) is 1. The zero-order valence-corrected chi connectivity index (χ0v) is 12.3. The number of hydrogen-bond donors (Lipinski definition) is 1. The van der Waals surface area contributed by atoms with Crippen LogP contribution >= 0.6 is 0 Å². The van der Waals surface area contributed by atoms with Crippen LogP contribution in [-0.4, -0.2) is 37.0 Å². The molecule has 0 heterocycles. The van der Waals surface area contributed by atoms with E-state index >= 15 is 0 Å². The molecule has 0 saturated heterocycles. The summed E-state index contributed by atoms with van der Waals surface area (Å²) in [5.74, 6) is -0.705. The summed E-state index contributed by atoms with van der Waals surface area (Å²) in [5, 5.41) is 0. The quantitative estimate of drug-likeness (QED) is 0.798. The summed E-state index contributed by atoms with van der Waals surface area (Å²) in [7, 11) is 1.30. The van der Waals surface area contributed by atoms with Crippen LogP contribution in [-0.2, 0) is 14.3 Å². The monoisotopic (exact) mass is 278 g/mol. The SMILES string of the molecule is CCCN(CC(=O)OC)C(=O)C(N)c1ccc(C)cc1. The highest BCUT2D eigenvalue weighted by Crippen LogP contribution is 2.14. The molecular weight excluding hydrogens is 256 g/mol. The number of benzene rings is 1. The maximum atomic E-state index is 12.4. The van der Waals surface area contributed by atoms with Crippen LogP contribution in [0, 0.1) is 6.92 Å². The number of carbonyl (C=O) groups is 2. The van der Waals surface area contributed by atoms with E-state index in [2.05, 4.69) is 4.74 Å². The Morgan fingerprint density at radius 3 is 2.40 bits per heavy atom. The third kappa shape index (κ3) is 4.35. The third-order valence-electron chi connectivity index (χ3n) is 3.06. The zero-order chi connectivity index (χ0) is 15.1. The maximum Gasteiger partial charge on any atom is 0.325 e. The number of hydrogen-bond acceptors (Lipinski definition) is 4. The number of amides is 1. The molecule has 0 aliphatic heterocycles. The molecule has 0 aliphatic rings. The van der Waals surface area contributed by atoms with E-state index < -0.39 is 12.0 Å². The van der Waals surface area contributed by atoms with E-state index in [9.17, 15) is 9.59 Å². The highest BCUT2D eigenvalue weighted by Gasteiger charge is 2.23. The van der Waals surface area contributed by atoms with E-state index in [0.717, 1.165) is 17.5 Å². The first kappa shape index (κ1) is 16.2. The minimum atomic E-state index is -0.758. The Bertz CT molecular complexity index is 457. The fraction of sp³-hybridized carbons (Fsp3) is 0.467. The minimum absolute atomic E-state index is 0.0667. The number of methoxy groups -OCH3 is 1. The van der Waals surface area contributed by atoms with Crippen molar-refractivity contribution in [3.8, 4) is 0 Å². The number of carbonyl (C=O) groups excluding carboxylic acids is 2. The van der Waals surface area contributed by atoms with E-state index in [1.807, 2.05) is 38.1 Å². The number of rotatable bonds is 6. The second-order valence-electron chi connectivity index (χ2n) is 4.72. The van der Waals surface area contributed by atoms with Crippen molar-refractivity contribution in [2.24, 2.45) is 5.73 Å². The minimum Gasteiger partial charge on any atom is -0.468 e. The molecule has 20 heavy (non-hydrogen) atoms. The zero-order valence-electron chi connectivity index (χ0n) is 12.3. The van der Waals surface area contributed by atoms with Gasteiger partial charge < -0.3 is 15.4 Å². The normalized spacial score (nSPS) is 11.8. The molecule has 1 unspecified atom stereocenters. The predicted octanol–water partition coefficient (Wildman–Crippen LogP) is 1.41. The fourth-order valence-electron chi connectivity index (χ4n) is 1.87. The van der Waals surface area contributed by atoms with E-state index in [4.69, 9.17) is 5.73 Å². The van der Waals surface area contributed by atoms with Gasteiger partial charge in [0.2, 0.25) is 5.91 Å². The van der Waals surface area contributed by atoms with E-state index in [-0.39, 0.29) is 12.5 Å². The van der Waals surface area contributed by atoms with Gasteiger partial charge >= 0.3 is 5.97 Å². The summed E-state index contributed by atoms with van der Waals surface area (Å²) < 4.78 is 4.60. The Hall–Kier alpha value is -1.88. The van der Waals surface area contributed by atoms with Crippen molar-refractivity contribution in [3.63, 3.8) is 0 Å². The van der Waals surface area contributed by atoms with Gasteiger partial charge in [-0.2, -0.15) is 0 Å². The lowest BCUT2D eigenvalue weighted by atomic mass is 10.0. The lowest BCUT2D eigenvalue weighted by Crippen LogP contribution is -2.42. The second-order valence-corrected chi connectivity index (χ2v) is 4.72. The molecule has 0 spiro atoms. The van der Waals surface area contributed by atoms with Crippen molar-refractivity contribution >= 4 is 11.9 Å². The lowest BCUT2D eigenvalue weighted by molar-refractivity contribution is -0.147. The van der Waals surface area contributed by atoms with Crippen LogP contribution < -0.4 is 5.73 Å². The predicted molar refractivity (Wildman–Crippen MR) is 77.0 cm³/mol. The standard InChI is InChI=1S/C15H22N2O3/c1-4-9-17(10-13(18)20-3)15(19)14(16)12-7-5-11(2)6-8-12/h5-8,14H,4,9-10,16H2,1-3H3. The molecule has 1 atom stereocenters. The first-order valence-electron chi connectivity index (χ1n) is 6.67. The summed E-state index contributed by atoms with van der Waals surface area (Å²) in [6.45, 7) is 4.32. The Labute approximate surface area is 119 Å². The lowest BCUT2D eigenvalue weighted by Gasteiger charge is -2.24. The van der Waals surface area contributed by atoms with Gasteiger partial charge in [-0.1, -0.05) is 36.8 Å². The first-order chi connectivity index (χ1) is 9.49. The molecule has 110 valence electrons. The van der Waals surface area contributed by atoms with E-state index in [1.54, 1.807) is 0 Å². The molecule has 1 amide bonds. The van der Waals surface area contributed by atoms with Gasteiger partial charge in [0, 0.05) is 6.54 Å². The molecule has 1 aromatic rings. The number of ether oxygens (including phenoxy) is 1. The van der Waals surface area contributed by atoms with Gasteiger partial charge in [-0.15, -0.1) is 0 Å². The summed E-state index contributed by atoms with van der Waals surface area (Å²) >= 11 is 0. The molecule has 1 aromatic carbocycles. The van der Waals surface area contributed by atoms with Crippen molar-refractivity contribution in [2.75, 3.05) is 20.2 Å². The molecule has 0 aromatic heterocycles. The maximum absolute atomic E-state index is 12.4. The molecule has 1 rings (SSSR count). The van der Waals surface area contributed by atoms with E-state index in [0.29, 0.717) is 6.54 Å². The highest BCUT2D eigenvalue weighted by molar-refractivity contribution is 5.86. The molecule has 0 fully saturated rings. The fourth-order valence-corrected chi connectivity index (χ4v) is 1.87. The number of aryl methyl sites for hydroxylation is 1. The van der Waals surface area contributed by atoms with Gasteiger partial charge in [-0.3, -0.25) is 9.59 Å². The molecule has 5 nitrogen and oxygen atoms in total. The Kier molecular flexibility index (Phi) is 6.18. The van der Waals surface area contributed by atoms with Crippen molar-refractivity contribution in [1.82, 2.24) is 4.90 Å². The molecule has 0 radical (unpaired) electrons. The topological polar surface area (TPSA) is 72.6 Å². The molecule has 2 N–H and O–H groups in total. The van der Waals surface area contributed by atoms with Crippen molar-refractivity contribution in [1.29, 1.82) is 0 Å². The number of esters is 1. The summed E-state index contributed by atoms with van der Waals surface area (Å²) in [6, 6.07) is 6.73. The van der Waals surface area contributed by atoms with Crippen LogP contribution in [0.3, 0.4) is 0 Å². The van der Waals surface area contributed by atoms with Gasteiger partial charge in [0.1, 0.15) is 12.6 Å². The average molecular weight is 278 g/mol. The Morgan fingerprint density at radius 2 is 1.90 bits per heavy atom. The van der Waals surface area contributed by atoms with Crippen LogP contribution in [0.5, 0.6) is 0 Å². The summed E-state index contributed by atoms with van der Waals surface area (Å²) in [5.41, 5.74) is 7.84. The largest absolute Gasteiger partial charge is 0.468 e. The molecule has 0 bridgehead atoms. The Balaban J connectivity index is 2.82. The second kappa shape index (κ2) is 7.65. The summed E-state index contributed by atoms with van der Waals surface area (Å²) in [6.07, 6.45) is 0.753. The van der Waals surface area contributed by atoms with Crippen LogP contribution in [0.15, 0.2) is 24.3 Å². The van der Waals surface area contributed by atoms with Gasteiger partial charge in [0.25, 0.3) is 0 Å². The smallest absolute Gasteiger partial charge is 0.325 e. The number of nitrogens with zero attached hydrogens (tertiary/aromatic N) is 1. The van der Waals surface area contributed by atoms with Crippen LogP contribution in [0.2, 0.25) is 0 Å². The van der Waals surface area contributed by atoms with Gasteiger partial charge in [-0.05, 0) is 18.9 Å². The van der Waals surface area contributed by atoms with Gasteiger partial charge in [0.05, 0.1) is 7.11 Å². The highest BCUT2D eigenvalue weighted by atomic mass is 16.5. The van der Waals surface area contributed by atoms with Gasteiger partial charge in [0.15, 0.2) is 0 Å². The first-order valence-corrected chi connectivity index (χ1v) is 6.67. The van der Waals surface area contributed by atoms with Crippen molar-refractivity contribution in [3.05, 3.63) is 35.4 Å². The Morgan fingerprint density at radius 1 is 1.30 bits per heavy atom. The van der Waals surface area contributed by atoms with Crippen LogP contribution in [0.25, 0.3) is 0 Å². The van der Waals surface area contributed by atoms with Crippen LogP contribution in [0.4, 0.5) is 0 Å². The molecule has 0 saturated carbocycles. The molecule has 0 aliphatic carbocycles. The van der Waals surface area contributed by atoms with E-state index in [1.165, 1.54) is 12.0 Å². The summed E-state index contributed by atoms with van der Waals surface area (Å²) in [4.78, 5) is 25.2. The van der Waals surface area contributed by atoms with Gasteiger partial charge in [-0.25, -0.2) is 0 Å². The van der Waals surface area contributed by atoms with Crippen molar-refractivity contribution in [2.45, 2.75) is 26.3 Å². The molecule has 5 heteroatoms.